The summed E-state index contributed by atoms with van der Waals surface area (Å²) in [7, 11) is 0. The normalized spacial score (nSPS) is 22.8. The minimum atomic E-state index is -2.43. The van der Waals surface area contributed by atoms with Gasteiger partial charge in [-0.05, 0) is 41.5 Å². The summed E-state index contributed by atoms with van der Waals surface area (Å²) in [6, 6.07) is 18.5. The maximum Gasteiger partial charge on any atom is 0.335 e. The van der Waals surface area contributed by atoms with Crippen molar-refractivity contribution in [3.05, 3.63) is 77.9 Å². The molecule has 0 aliphatic carbocycles. The van der Waals surface area contributed by atoms with Gasteiger partial charge in [0.05, 0.1) is 23.2 Å². The summed E-state index contributed by atoms with van der Waals surface area (Å²) < 4.78 is 12.6. The predicted octanol–water partition coefficient (Wildman–Crippen LogP) is 2.23. The zero-order chi connectivity index (χ0) is 30.0. The number of carbonyl (C=O) groups is 1. The van der Waals surface area contributed by atoms with Gasteiger partial charge in [0.1, 0.15) is 18.0 Å². The molecule has 0 bridgehead atoms. The van der Waals surface area contributed by atoms with Crippen molar-refractivity contribution in [3.8, 4) is 16.9 Å². The van der Waals surface area contributed by atoms with E-state index in [1.165, 1.54) is 16.7 Å². The van der Waals surface area contributed by atoms with E-state index in [9.17, 15) is 35.4 Å². The fourth-order valence-corrected chi connectivity index (χ4v) is 5.05. The Kier molecular flexibility index (Phi) is 8.45. The molecule has 2 heterocycles. The van der Waals surface area contributed by atoms with E-state index in [2.05, 4.69) is 10.3 Å². The molecule has 3 aromatic carbocycles. The summed E-state index contributed by atoms with van der Waals surface area (Å²) in [5.41, 5.74) is 2.88. The first kappa shape index (κ1) is 29.5. The molecule has 7 N–H and O–H groups in total. The number of carboxylic acid groups (broad SMARTS) is 1. The molecule has 0 spiro atoms. The van der Waals surface area contributed by atoms with Crippen LogP contribution in [-0.4, -0.2) is 77.4 Å². The van der Waals surface area contributed by atoms with Crippen LogP contribution in [0, 0.1) is 0 Å². The Bertz CT molecular complexity index is 1570. The monoisotopic (exact) mass is 579 g/mol. The van der Waals surface area contributed by atoms with E-state index < -0.39 is 43.1 Å². The molecule has 12 heteroatoms. The first-order valence-electron chi connectivity index (χ1n) is 13.6. The van der Waals surface area contributed by atoms with Crippen LogP contribution in [0.3, 0.4) is 0 Å². The van der Waals surface area contributed by atoms with E-state index in [0.29, 0.717) is 46.3 Å². The van der Waals surface area contributed by atoms with Gasteiger partial charge >= 0.3 is 5.97 Å². The number of aromatic carboxylic acids is 1. The van der Waals surface area contributed by atoms with Crippen LogP contribution >= 0.6 is 0 Å². The smallest absolute Gasteiger partial charge is 0.335 e. The summed E-state index contributed by atoms with van der Waals surface area (Å²) in [4.78, 5) is 16.1. The number of nitrogens with one attached hydrogen (secondary N) is 1. The third kappa shape index (κ3) is 5.55. The quantitative estimate of drug-likeness (QED) is 0.129. The maximum absolute atomic E-state index is 11.5. The number of anilines is 1. The summed E-state index contributed by atoms with van der Waals surface area (Å²) in [5.74, 6) is -3.03. The van der Waals surface area contributed by atoms with Gasteiger partial charge < -0.3 is 45.4 Å². The number of nitrogens with zero attached hydrogens (tertiary/aromatic N) is 2. The maximum atomic E-state index is 11.5. The Morgan fingerprint density at radius 3 is 2.64 bits per heavy atom. The highest BCUT2D eigenvalue weighted by Crippen LogP contribution is 2.39. The first-order valence-corrected chi connectivity index (χ1v) is 13.6. The lowest BCUT2D eigenvalue weighted by Crippen LogP contribution is -2.46. The van der Waals surface area contributed by atoms with E-state index in [0.717, 1.165) is 0 Å². The molecule has 0 amide bonds. The van der Waals surface area contributed by atoms with E-state index in [-0.39, 0.29) is 18.1 Å². The van der Waals surface area contributed by atoms with Crippen LogP contribution in [-0.2, 0) is 17.2 Å². The van der Waals surface area contributed by atoms with Gasteiger partial charge in [-0.1, -0.05) is 49.7 Å². The predicted molar refractivity (Wildman–Crippen MR) is 152 cm³/mol. The Hall–Kier alpha value is -4.04. The van der Waals surface area contributed by atoms with E-state index in [1.54, 1.807) is 54.6 Å². The topological polar surface area (TPSA) is 187 Å². The van der Waals surface area contributed by atoms with Crippen LogP contribution < -0.4 is 10.1 Å². The van der Waals surface area contributed by atoms with Crippen LogP contribution in [0.5, 0.6) is 5.75 Å². The Labute approximate surface area is 241 Å². The first-order chi connectivity index (χ1) is 20.2. The van der Waals surface area contributed by atoms with Crippen molar-refractivity contribution in [1.82, 2.24) is 9.55 Å². The zero-order valence-electron chi connectivity index (χ0n) is 22.8. The zero-order valence-corrected chi connectivity index (χ0v) is 22.8. The second-order valence-corrected chi connectivity index (χ2v) is 10.1. The van der Waals surface area contributed by atoms with Crippen molar-refractivity contribution in [2.75, 3.05) is 11.9 Å². The van der Waals surface area contributed by atoms with Gasteiger partial charge in [0.15, 0.2) is 12.4 Å². The number of rotatable bonds is 11. The Morgan fingerprint density at radius 1 is 1.14 bits per heavy atom. The molecule has 1 unspecified atom stereocenters. The molecule has 1 aromatic heterocycles. The summed E-state index contributed by atoms with van der Waals surface area (Å²) in [5, 5.41) is 65.1. The van der Waals surface area contributed by atoms with E-state index in [4.69, 9.17) is 9.47 Å². The highest BCUT2D eigenvalue weighted by molar-refractivity contribution is 5.90. The number of hydrogen-bond donors (Lipinski definition) is 7. The van der Waals surface area contributed by atoms with Gasteiger partial charge in [0.25, 0.3) is 5.91 Å². The van der Waals surface area contributed by atoms with Crippen molar-refractivity contribution in [1.29, 1.82) is 0 Å². The van der Waals surface area contributed by atoms with Crippen molar-refractivity contribution in [2.24, 2.45) is 0 Å². The summed E-state index contributed by atoms with van der Waals surface area (Å²) in [6.07, 6.45) is -4.55. The number of fused-ring (bicyclic) bond motifs is 1. The standard InChI is InChI=1S/C30H33N3O9/c1-2-6-25(35)41-23-13-17(11-12-20(23)18-7-5-8-19(14-18)28(38)39)15-31-29-32-21-9-3-4-10-22(21)33(29)30(40)27(37)26(36)24(16-34)42-30/h3-5,7-14,24-27,34-37,40H,2,6,15-16H2,1H3,(H,31,32)(H,38,39)/t24-,25?,26-,27-,30+/m1/s1. The largest absolute Gasteiger partial charge is 0.478 e. The average molecular weight is 580 g/mol. The van der Waals surface area contributed by atoms with Crippen LogP contribution in [0.1, 0.15) is 35.7 Å². The van der Waals surface area contributed by atoms with Gasteiger partial charge in [-0.3, -0.25) is 4.57 Å². The third-order valence-electron chi connectivity index (χ3n) is 7.19. The number of aliphatic hydroxyl groups excluding tert-OH is 4. The van der Waals surface area contributed by atoms with Gasteiger partial charge in [0, 0.05) is 18.5 Å². The average Bonchev–Trinajstić information content (AvgIpc) is 3.47. The van der Waals surface area contributed by atoms with Gasteiger partial charge in [-0.25, -0.2) is 9.78 Å². The number of imidazole rings is 1. The summed E-state index contributed by atoms with van der Waals surface area (Å²) >= 11 is 0. The molecule has 222 valence electrons. The van der Waals surface area contributed by atoms with E-state index in [1.807, 2.05) is 6.92 Å². The molecular weight excluding hydrogens is 546 g/mol. The number of para-hydroxylation sites is 2. The van der Waals surface area contributed by atoms with Crippen molar-refractivity contribution in [2.45, 2.75) is 56.8 Å². The fraction of sp³-hybridized carbons (Fsp3) is 0.333. The minimum absolute atomic E-state index is 0.111. The molecule has 1 fully saturated rings. The lowest BCUT2D eigenvalue weighted by Gasteiger charge is -2.29. The molecular formula is C30H33N3O9. The molecule has 0 saturated carbocycles. The molecule has 0 radical (unpaired) electrons. The third-order valence-corrected chi connectivity index (χ3v) is 7.19. The van der Waals surface area contributed by atoms with Gasteiger partial charge in [0.2, 0.25) is 5.95 Å². The molecule has 5 atom stereocenters. The Balaban J connectivity index is 1.49. The fourth-order valence-electron chi connectivity index (χ4n) is 5.05. The number of ether oxygens (including phenoxy) is 2. The summed E-state index contributed by atoms with van der Waals surface area (Å²) in [6.45, 7) is 1.44. The van der Waals surface area contributed by atoms with Crippen LogP contribution in [0.2, 0.25) is 0 Å². The molecule has 1 saturated heterocycles. The number of benzene rings is 3. The van der Waals surface area contributed by atoms with Gasteiger partial charge in [-0.2, -0.15) is 0 Å². The number of aliphatic hydroxyl groups is 5. The van der Waals surface area contributed by atoms with Crippen molar-refractivity contribution in [3.63, 3.8) is 0 Å². The molecule has 4 aromatic rings. The van der Waals surface area contributed by atoms with Crippen LogP contribution in [0.15, 0.2) is 66.7 Å². The van der Waals surface area contributed by atoms with E-state index >= 15 is 0 Å². The highest BCUT2D eigenvalue weighted by atomic mass is 16.7. The van der Waals surface area contributed by atoms with Crippen molar-refractivity contribution < 1.29 is 44.9 Å². The number of carboxylic acids is 1. The minimum Gasteiger partial charge on any atom is -0.478 e. The molecule has 5 rings (SSSR count). The lowest BCUT2D eigenvalue weighted by molar-refractivity contribution is -0.285. The molecule has 12 nitrogen and oxygen atoms in total. The number of aromatic nitrogens is 2. The molecule has 42 heavy (non-hydrogen) atoms. The lowest BCUT2D eigenvalue weighted by atomic mass is 10.0. The SMILES string of the molecule is CCCC(O)Oc1cc(CNc2nc3ccccc3n2[C@@]2(O)O[C@H](CO)[C@@H](O)[C@H]2O)ccc1-c1cccc(C(=O)O)c1. The number of hydrogen-bond acceptors (Lipinski definition) is 10. The second-order valence-electron chi connectivity index (χ2n) is 10.1. The Morgan fingerprint density at radius 2 is 1.93 bits per heavy atom. The van der Waals surface area contributed by atoms with Crippen molar-refractivity contribution >= 4 is 23.0 Å². The van der Waals surface area contributed by atoms with Crippen LogP contribution in [0.4, 0.5) is 5.95 Å². The van der Waals surface area contributed by atoms with Crippen LogP contribution in [0.25, 0.3) is 22.2 Å². The molecule has 1 aliphatic heterocycles. The van der Waals surface area contributed by atoms with Gasteiger partial charge in [-0.15, -0.1) is 0 Å². The highest BCUT2D eigenvalue weighted by Gasteiger charge is 2.56. The molecule has 1 aliphatic rings. The second kappa shape index (κ2) is 12.1.